The molecule has 2 aromatic carbocycles. The summed E-state index contributed by atoms with van der Waals surface area (Å²) in [5.41, 5.74) is 4.48. The first-order valence-electron chi connectivity index (χ1n) is 11.0. The fourth-order valence-corrected chi connectivity index (χ4v) is 4.37. The Morgan fingerprint density at radius 2 is 1.62 bits per heavy atom. The second kappa shape index (κ2) is 10.6. The Kier molecular flexibility index (Phi) is 7.34. The third-order valence-electron chi connectivity index (χ3n) is 5.61. The van der Waals surface area contributed by atoms with Gasteiger partial charge in [0.15, 0.2) is 0 Å². The summed E-state index contributed by atoms with van der Waals surface area (Å²) in [5, 5.41) is 6.81. The fourth-order valence-electron chi connectivity index (χ4n) is 3.64. The van der Waals surface area contributed by atoms with Crippen LogP contribution in [0.4, 0.5) is 15.6 Å². The van der Waals surface area contributed by atoms with E-state index in [1.165, 1.54) is 28.2 Å². The van der Waals surface area contributed by atoms with Gasteiger partial charge in [0.1, 0.15) is 5.82 Å². The zero-order valence-corrected chi connectivity index (χ0v) is 19.5. The maximum Gasteiger partial charge on any atom is 0.319 e. The molecule has 1 fully saturated rings. The minimum Gasteiger partial charge on any atom is -0.344 e. The van der Waals surface area contributed by atoms with Crippen molar-refractivity contribution in [2.75, 3.05) is 49.5 Å². The molecule has 7 nitrogen and oxygen atoms in total. The number of anilines is 2. The van der Waals surface area contributed by atoms with E-state index in [9.17, 15) is 4.79 Å². The van der Waals surface area contributed by atoms with E-state index in [4.69, 9.17) is 4.98 Å². The summed E-state index contributed by atoms with van der Waals surface area (Å²) in [5.74, 6) is 0.889. The van der Waals surface area contributed by atoms with E-state index in [2.05, 4.69) is 56.0 Å². The summed E-state index contributed by atoms with van der Waals surface area (Å²) < 4.78 is 4.56. The monoisotopic (exact) mass is 450 g/mol. The molecule has 0 saturated carbocycles. The number of piperazine rings is 1. The van der Waals surface area contributed by atoms with Crippen molar-refractivity contribution in [1.82, 2.24) is 19.6 Å². The molecule has 0 spiro atoms. The number of rotatable bonds is 7. The summed E-state index contributed by atoms with van der Waals surface area (Å²) >= 11 is 1.48. The normalized spacial score (nSPS) is 14.4. The highest BCUT2D eigenvalue weighted by Gasteiger charge is 2.20. The fraction of sp³-hybridized carbons (Fsp3) is 0.375. The van der Waals surface area contributed by atoms with Crippen molar-refractivity contribution in [1.29, 1.82) is 0 Å². The number of carbonyl (C=O) groups is 1. The number of hydrogen-bond donors (Lipinski definition) is 2. The number of amides is 2. The van der Waals surface area contributed by atoms with Crippen LogP contribution in [0.1, 0.15) is 22.5 Å². The molecule has 4 rings (SSSR count). The molecule has 1 aliphatic heterocycles. The van der Waals surface area contributed by atoms with Gasteiger partial charge in [0.2, 0.25) is 5.13 Å². The number of nitrogens with one attached hydrogen (secondary N) is 2. The lowest BCUT2D eigenvalue weighted by molar-refractivity contribution is 0.240. The van der Waals surface area contributed by atoms with Crippen molar-refractivity contribution in [3.63, 3.8) is 0 Å². The molecule has 0 atom stereocenters. The van der Waals surface area contributed by atoms with Crippen LogP contribution in [0.3, 0.4) is 0 Å². The topological polar surface area (TPSA) is 73.4 Å². The summed E-state index contributed by atoms with van der Waals surface area (Å²) in [7, 11) is 0. The van der Waals surface area contributed by atoms with E-state index < -0.39 is 0 Å². The van der Waals surface area contributed by atoms with Crippen molar-refractivity contribution in [3.05, 3.63) is 71.0 Å². The molecule has 2 heterocycles. The lowest BCUT2D eigenvalue weighted by Crippen LogP contribution is -2.48. The van der Waals surface area contributed by atoms with E-state index in [0.29, 0.717) is 6.54 Å². The van der Waals surface area contributed by atoms with Crippen molar-refractivity contribution < 1.29 is 4.79 Å². The summed E-state index contributed by atoms with van der Waals surface area (Å²) in [4.78, 5) is 21.5. The van der Waals surface area contributed by atoms with Crippen LogP contribution in [-0.2, 0) is 6.42 Å². The lowest BCUT2D eigenvalue weighted by atomic mass is 10.1. The number of urea groups is 1. The van der Waals surface area contributed by atoms with Crippen molar-refractivity contribution in [2.45, 2.75) is 20.3 Å². The maximum atomic E-state index is 12.1. The van der Waals surface area contributed by atoms with Gasteiger partial charge in [0.25, 0.3) is 0 Å². The second-order valence-corrected chi connectivity index (χ2v) is 8.96. The SMILES string of the molecule is Cc1ccc(Cc2nsc(N3CCN(CCNC(=O)Nc4ccc(C)cc4)CC3)n2)cc1. The van der Waals surface area contributed by atoms with Crippen LogP contribution in [0, 0.1) is 13.8 Å². The zero-order valence-electron chi connectivity index (χ0n) is 18.7. The van der Waals surface area contributed by atoms with Gasteiger partial charge >= 0.3 is 6.03 Å². The molecular formula is C24H30N6OS. The quantitative estimate of drug-likeness (QED) is 0.574. The minimum atomic E-state index is -0.164. The first-order chi connectivity index (χ1) is 15.5. The number of aromatic nitrogens is 2. The number of carbonyl (C=O) groups excluding carboxylic acids is 1. The van der Waals surface area contributed by atoms with Crippen molar-refractivity contribution in [3.8, 4) is 0 Å². The van der Waals surface area contributed by atoms with E-state index >= 15 is 0 Å². The molecule has 8 heteroatoms. The van der Waals surface area contributed by atoms with Gasteiger partial charge in [-0.25, -0.2) is 9.78 Å². The van der Waals surface area contributed by atoms with Crippen molar-refractivity contribution >= 4 is 28.4 Å². The molecule has 1 aromatic heterocycles. The summed E-state index contributed by atoms with van der Waals surface area (Å²) in [6.45, 7) is 9.34. The standard InChI is InChI=1S/C24H30N6OS/c1-18-3-7-20(8-4-18)17-22-27-24(32-28-22)30-15-13-29(14-16-30)12-11-25-23(31)26-21-9-5-19(2)6-10-21/h3-10H,11-17H2,1-2H3,(H2,25,26,31). The highest BCUT2D eigenvalue weighted by atomic mass is 32.1. The van der Waals surface area contributed by atoms with E-state index in [1.807, 2.05) is 31.2 Å². The molecule has 168 valence electrons. The average molecular weight is 451 g/mol. The Morgan fingerprint density at radius 1 is 0.969 bits per heavy atom. The van der Waals surface area contributed by atoms with Gasteiger partial charge in [-0.05, 0) is 31.5 Å². The second-order valence-electron chi connectivity index (χ2n) is 8.23. The van der Waals surface area contributed by atoms with Crippen LogP contribution in [0.5, 0.6) is 0 Å². The minimum absolute atomic E-state index is 0.164. The molecule has 0 aliphatic carbocycles. The molecule has 0 unspecified atom stereocenters. The van der Waals surface area contributed by atoms with Crippen LogP contribution in [0.2, 0.25) is 0 Å². The van der Waals surface area contributed by atoms with Crippen molar-refractivity contribution in [2.24, 2.45) is 0 Å². The molecule has 1 aliphatic rings. The number of hydrogen-bond acceptors (Lipinski definition) is 6. The van der Waals surface area contributed by atoms with Crippen LogP contribution >= 0.6 is 11.5 Å². The van der Waals surface area contributed by atoms with Gasteiger partial charge in [-0.2, -0.15) is 4.37 Å². The highest BCUT2D eigenvalue weighted by molar-refractivity contribution is 7.09. The third kappa shape index (κ3) is 6.27. The molecule has 1 saturated heterocycles. The highest BCUT2D eigenvalue weighted by Crippen LogP contribution is 2.20. The summed E-state index contributed by atoms with van der Waals surface area (Å²) in [6, 6.07) is 16.2. The Hall–Kier alpha value is -2.97. The Labute approximate surface area is 193 Å². The Balaban J connectivity index is 1.17. The Morgan fingerprint density at radius 3 is 2.31 bits per heavy atom. The molecule has 32 heavy (non-hydrogen) atoms. The molecule has 3 aromatic rings. The van der Waals surface area contributed by atoms with E-state index in [1.54, 1.807) is 0 Å². The zero-order chi connectivity index (χ0) is 22.3. The van der Waals surface area contributed by atoms with Gasteiger partial charge in [0, 0.05) is 62.9 Å². The smallest absolute Gasteiger partial charge is 0.319 e. The number of nitrogens with zero attached hydrogens (tertiary/aromatic N) is 4. The van der Waals surface area contributed by atoms with E-state index in [0.717, 1.165) is 55.8 Å². The lowest BCUT2D eigenvalue weighted by Gasteiger charge is -2.34. The number of aryl methyl sites for hydroxylation is 2. The van der Waals surface area contributed by atoms with Crippen LogP contribution in [0.25, 0.3) is 0 Å². The largest absolute Gasteiger partial charge is 0.344 e. The molecule has 0 radical (unpaired) electrons. The molecule has 2 amide bonds. The van der Waals surface area contributed by atoms with Crippen LogP contribution < -0.4 is 15.5 Å². The first kappa shape index (κ1) is 22.2. The molecule has 0 bridgehead atoms. The average Bonchev–Trinajstić information content (AvgIpc) is 3.26. The first-order valence-corrected chi connectivity index (χ1v) is 11.8. The Bertz CT molecular complexity index is 1010. The van der Waals surface area contributed by atoms with Gasteiger partial charge in [-0.1, -0.05) is 47.5 Å². The van der Waals surface area contributed by atoms with Gasteiger partial charge < -0.3 is 15.5 Å². The predicted molar refractivity (Wildman–Crippen MR) is 131 cm³/mol. The number of benzene rings is 2. The van der Waals surface area contributed by atoms with Gasteiger partial charge in [0.05, 0.1) is 0 Å². The predicted octanol–water partition coefficient (Wildman–Crippen LogP) is 3.69. The molecular weight excluding hydrogens is 420 g/mol. The van der Waals surface area contributed by atoms with E-state index in [-0.39, 0.29) is 6.03 Å². The van der Waals surface area contributed by atoms with Gasteiger partial charge in [-0.15, -0.1) is 0 Å². The van der Waals surface area contributed by atoms with Crippen LogP contribution in [0.15, 0.2) is 48.5 Å². The van der Waals surface area contributed by atoms with Crippen LogP contribution in [-0.4, -0.2) is 59.6 Å². The van der Waals surface area contributed by atoms with Gasteiger partial charge in [-0.3, -0.25) is 4.90 Å². The third-order valence-corrected chi connectivity index (χ3v) is 6.42. The molecule has 2 N–H and O–H groups in total. The summed E-state index contributed by atoms with van der Waals surface area (Å²) in [6.07, 6.45) is 0.771. The maximum absolute atomic E-state index is 12.1.